The van der Waals surface area contributed by atoms with E-state index < -0.39 is 5.82 Å². The fourth-order valence-corrected chi connectivity index (χ4v) is 5.17. The summed E-state index contributed by atoms with van der Waals surface area (Å²) in [7, 11) is 1.39. The molecular formula is C27H33FN6O3. The molecule has 1 amide bonds. The van der Waals surface area contributed by atoms with E-state index in [1.165, 1.54) is 13.2 Å². The molecule has 1 atom stereocenters. The fourth-order valence-electron chi connectivity index (χ4n) is 5.17. The predicted molar refractivity (Wildman–Crippen MR) is 136 cm³/mol. The Morgan fingerprint density at radius 3 is 2.65 bits per heavy atom. The molecule has 5 heterocycles. The van der Waals surface area contributed by atoms with E-state index in [0.717, 1.165) is 34.8 Å². The van der Waals surface area contributed by atoms with Gasteiger partial charge in [-0.25, -0.2) is 14.1 Å². The van der Waals surface area contributed by atoms with Gasteiger partial charge in [0.25, 0.3) is 0 Å². The summed E-state index contributed by atoms with van der Waals surface area (Å²) >= 11 is 0. The van der Waals surface area contributed by atoms with Crippen LogP contribution < -0.4 is 4.74 Å². The summed E-state index contributed by atoms with van der Waals surface area (Å²) < 4.78 is 27.0. The summed E-state index contributed by atoms with van der Waals surface area (Å²) in [5.41, 5.74) is 5.25. The van der Waals surface area contributed by atoms with Crippen LogP contribution in [0.25, 0.3) is 16.9 Å². The van der Waals surface area contributed by atoms with Crippen LogP contribution in [0.15, 0.2) is 30.6 Å². The van der Waals surface area contributed by atoms with Crippen molar-refractivity contribution in [2.24, 2.45) is 0 Å². The van der Waals surface area contributed by atoms with Gasteiger partial charge in [-0.2, -0.15) is 5.10 Å². The molecule has 1 saturated heterocycles. The monoisotopic (exact) mass is 508 g/mol. The second-order valence-corrected chi connectivity index (χ2v) is 9.78. The Morgan fingerprint density at radius 1 is 1.11 bits per heavy atom. The molecule has 0 saturated carbocycles. The van der Waals surface area contributed by atoms with Crippen LogP contribution >= 0.6 is 0 Å². The van der Waals surface area contributed by atoms with Crippen molar-refractivity contribution < 1.29 is 18.7 Å². The molecule has 2 aliphatic heterocycles. The lowest BCUT2D eigenvalue weighted by atomic mass is 10.0. The van der Waals surface area contributed by atoms with Gasteiger partial charge in [0.05, 0.1) is 55.8 Å². The van der Waals surface area contributed by atoms with Gasteiger partial charge in [-0.1, -0.05) is 0 Å². The summed E-state index contributed by atoms with van der Waals surface area (Å²) in [4.78, 5) is 25.5. The van der Waals surface area contributed by atoms with Gasteiger partial charge in [0, 0.05) is 55.0 Å². The Labute approximate surface area is 216 Å². The minimum atomic E-state index is -0.539. The zero-order valence-electron chi connectivity index (χ0n) is 21.8. The maximum absolute atomic E-state index is 14.5. The first-order chi connectivity index (χ1) is 17.9. The van der Waals surface area contributed by atoms with Crippen molar-refractivity contribution in [1.29, 1.82) is 0 Å². The van der Waals surface area contributed by atoms with Crippen molar-refractivity contribution in [1.82, 2.24) is 29.5 Å². The van der Waals surface area contributed by atoms with E-state index in [-0.39, 0.29) is 23.9 Å². The molecule has 3 aromatic heterocycles. The number of carbonyl (C=O) groups excluding carboxylic acids is 1. The van der Waals surface area contributed by atoms with Crippen molar-refractivity contribution >= 4 is 5.91 Å². The van der Waals surface area contributed by atoms with Crippen molar-refractivity contribution in [3.63, 3.8) is 0 Å². The van der Waals surface area contributed by atoms with Gasteiger partial charge in [-0.15, -0.1) is 0 Å². The number of fused-ring (bicyclic) bond motifs is 1. The van der Waals surface area contributed by atoms with Crippen LogP contribution in [0.2, 0.25) is 0 Å². The molecule has 3 aromatic rings. The normalized spacial score (nSPS) is 17.6. The number of methoxy groups -OCH3 is 1. The molecule has 0 aromatic carbocycles. The van der Waals surface area contributed by atoms with Gasteiger partial charge in [0.2, 0.25) is 11.8 Å². The zero-order chi connectivity index (χ0) is 26.1. The van der Waals surface area contributed by atoms with E-state index in [1.54, 1.807) is 17.1 Å². The fraction of sp³-hybridized carbons (Fsp3) is 0.481. The maximum atomic E-state index is 14.5. The molecule has 0 N–H and O–H groups in total. The lowest BCUT2D eigenvalue weighted by molar-refractivity contribution is -0.138. The molecule has 1 unspecified atom stereocenters. The Morgan fingerprint density at radius 2 is 1.92 bits per heavy atom. The molecule has 1 fully saturated rings. The van der Waals surface area contributed by atoms with Crippen LogP contribution in [0.5, 0.6) is 5.88 Å². The third kappa shape index (κ3) is 4.95. The van der Waals surface area contributed by atoms with Crippen LogP contribution in [0.1, 0.15) is 43.8 Å². The maximum Gasteiger partial charge on any atom is 0.250 e. The second kappa shape index (κ2) is 10.5. The molecule has 0 spiro atoms. The van der Waals surface area contributed by atoms with E-state index in [0.29, 0.717) is 44.8 Å². The molecule has 9 nitrogen and oxygen atoms in total. The van der Waals surface area contributed by atoms with Gasteiger partial charge in [0.15, 0.2) is 5.82 Å². The number of halogens is 1. The highest BCUT2D eigenvalue weighted by Gasteiger charge is 2.30. The minimum absolute atomic E-state index is 0.0258. The van der Waals surface area contributed by atoms with E-state index >= 15 is 0 Å². The van der Waals surface area contributed by atoms with Crippen molar-refractivity contribution in [2.75, 3.05) is 40.0 Å². The standard InChI is InChI=1S/C27H33FN6O3/c1-17(2)33-10-9-32(16-25(33)35)18(3)23-13-19(5-8-29-23)26-21-6-11-37-12-7-24(21)34(31-26)20-14-22(28)27(36-4)30-15-20/h5,8,13-15,17-18H,6-7,9-12,16H2,1-4H3. The van der Waals surface area contributed by atoms with Gasteiger partial charge < -0.3 is 14.4 Å². The number of ether oxygens (including phenoxy) is 2. The van der Waals surface area contributed by atoms with E-state index in [4.69, 9.17) is 14.6 Å². The largest absolute Gasteiger partial charge is 0.479 e. The number of amides is 1. The lowest BCUT2D eigenvalue weighted by Crippen LogP contribution is -2.53. The molecule has 0 bridgehead atoms. The summed E-state index contributed by atoms with van der Waals surface area (Å²) in [6, 6.07) is 5.57. The summed E-state index contributed by atoms with van der Waals surface area (Å²) in [5, 5.41) is 4.94. The first-order valence-electron chi connectivity index (χ1n) is 12.8. The Kier molecular flexibility index (Phi) is 7.21. The van der Waals surface area contributed by atoms with E-state index in [2.05, 4.69) is 27.9 Å². The average molecular weight is 509 g/mol. The first kappa shape index (κ1) is 25.3. The molecule has 37 heavy (non-hydrogen) atoms. The smallest absolute Gasteiger partial charge is 0.250 e. The van der Waals surface area contributed by atoms with Crippen molar-refractivity contribution in [3.8, 4) is 22.8 Å². The predicted octanol–water partition coefficient (Wildman–Crippen LogP) is 3.21. The van der Waals surface area contributed by atoms with E-state index in [1.807, 2.05) is 24.8 Å². The highest BCUT2D eigenvalue weighted by atomic mass is 19.1. The zero-order valence-corrected chi connectivity index (χ0v) is 21.8. The quantitative estimate of drug-likeness (QED) is 0.506. The van der Waals surface area contributed by atoms with Crippen LogP contribution in [0, 0.1) is 5.82 Å². The van der Waals surface area contributed by atoms with Crippen LogP contribution in [-0.4, -0.2) is 81.5 Å². The first-order valence-corrected chi connectivity index (χ1v) is 12.8. The second-order valence-electron chi connectivity index (χ2n) is 9.78. The summed E-state index contributed by atoms with van der Waals surface area (Å²) in [5.74, 6) is -0.442. The number of rotatable bonds is 6. The molecule has 196 valence electrons. The SMILES string of the molecule is COc1ncc(-n2nc(-c3ccnc(C(C)N4CCN(C(C)C)C(=O)C4)c3)c3c2CCOCC3)cc1F. The highest BCUT2D eigenvalue weighted by molar-refractivity contribution is 5.79. The van der Waals surface area contributed by atoms with Crippen molar-refractivity contribution in [2.45, 2.75) is 45.7 Å². The number of hydrogen-bond acceptors (Lipinski definition) is 7. The van der Waals surface area contributed by atoms with Gasteiger partial charge in [-0.05, 0) is 39.3 Å². The molecule has 0 radical (unpaired) electrons. The number of carbonyl (C=O) groups is 1. The Bertz CT molecular complexity index is 1290. The summed E-state index contributed by atoms with van der Waals surface area (Å²) in [6.07, 6.45) is 4.72. The number of pyridine rings is 2. The number of nitrogens with zero attached hydrogens (tertiary/aromatic N) is 6. The van der Waals surface area contributed by atoms with Crippen LogP contribution in [0.4, 0.5) is 4.39 Å². The Balaban J connectivity index is 1.49. The molecular weight excluding hydrogens is 475 g/mol. The molecule has 10 heteroatoms. The number of hydrogen-bond donors (Lipinski definition) is 0. The number of aromatic nitrogens is 4. The summed E-state index contributed by atoms with van der Waals surface area (Å²) in [6.45, 7) is 9.23. The molecule has 5 rings (SSSR count). The molecule has 2 aliphatic rings. The van der Waals surface area contributed by atoms with Crippen LogP contribution in [-0.2, 0) is 22.4 Å². The Hall–Kier alpha value is -3.37. The number of piperazine rings is 1. The topological polar surface area (TPSA) is 85.6 Å². The average Bonchev–Trinajstić information content (AvgIpc) is 3.08. The van der Waals surface area contributed by atoms with E-state index in [9.17, 15) is 9.18 Å². The van der Waals surface area contributed by atoms with Gasteiger partial charge >= 0.3 is 0 Å². The molecule has 0 aliphatic carbocycles. The lowest BCUT2D eigenvalue weighted by Gasteiger charge is -2.39. The van der Waals surface area contributed by atoms with Gasteiger partial charge in [-0.3, -0.25) is 14.7 Å². The third-order valence-corrected chi connectivity index (χ3v) is 7.24. The highest BCUT2D eigenvalue weighted by Crippen LogP contribution is 2.32. The minimum Gasteiger partial charge on any atom is -0.479 e. The third-order valence-electron chi connectivity index (χ3n) is 7.24. The van der Waals surface area contributed by atoms with Gasteiger partial charge in [0.1, 0.15) is 0 Å². The van der Waals surface area contributed by atoms with Crippen molar-refractivity contribution in [3.05, 3.63) is 53.4 Å². The van der Waals surface area contributed by atoms with Crippen LogP contribution in [0.3, 0.4) is 0 Å².